The summed E-state index contributed by atoms with van der Waals surface area (Å²) in [5, 5.41) is 22.0. The molecule has 2 heterocycles. The molecule has 0 radical (unpaired) electrons. The van der Waals surface area contributed by atoms with Crippen LogP contribution >= 0.6 is 0 Å². The first kappa shape index (κ1) is 14.5. The average molecular weight is 299 g/mol. The van der Waals surface area contributed by atoms with Gasteiger partial charge >= 0.3 is 11.9 Å². The van der Waals surface area contributed by atoms with Gasteiger partial charge in [0, 0.05) is 18.0 Å². The minimum atomic E-state index is -1.07. The summed E-state index contributed by atoms with van der Waals surface area (Å²) in [6.07, 6.45) is 7.46. The third kappa shape index (κ3) is 2.55. The zero-order valence-corrected chi connectivity index (χ0v) is 11.8. The van der Waals surface area contributed by atoms with Crippen LogP contribution in [0.3, 0.4) is 0 Å². The van der Waals surface area contributed by atoms with Crippen LogP contribution in [0.15, 0.2) is 48.6 Å². The molecule has 5 nitrogen and oxygen atoms in total. The van der Waals surface area contributed by atoms with Gasteiger partial charge in [0.05, 0.1) is 11.8 Å². The van der Waals surface area contributed by atoms with Crippen molar-refractivity contribution in [3.05, 3.63) is 54.1 Å². The highest BCUT2D eigenvalue weighted by molar-refractivity contribution is 5.82. The SMILES string of the molecule is O=C(O)[C@@H]1[C@H]2C=C[C@@H](N[C@H]2/C=C\c2ccccc2)[C@@H]1C(=O)O. The molecule has 5 atom stereocenters. The quantitative estimate of drug-likeness (QED) is 0.736. The topological polar surface area (TPSA) is 86.6 Å². The summed E-state index contributed by atoms with van der Waals surface area (Å²) >= 11 is 0. The van der Waals surface area contributed by atoms with Crippen LogP contribution < -0.4 is 5.32 Å². The van der Waals surface area contributed by atoms with Crippen LogP contribution in [0.2, 0.25) is 0 Å². The van der Waals surface area contributed by atoms with Gasteiger partial charge in [-0.15, -0.1) is 0 Å². The van der Waals surface area contributed by atoms with E-state index < -0.39 is 29.8 Å². The molecular weight excluding hydrogens is 282 g/mol. The van der Waals surface area contributed by atoms with E-state index in [2.05, 4.69) is 5.32 Å². The van der Waals surface area contributed by atoms with Crippen LogP contribution in [-0.4, -0.2) is 34.2 Å². The van der Waals surface area contributed by atoms with E-state index in [1.54, 1.807) is 6.08 Å². The molecule has 0 amide bonds. The molecule has 0 unspecified atom stereocenters. The number of rotatable bonds is 4. The number of carboxylic acid groups (broad SMARTS) is 2. The standard InChI is InChI=1S/C17H17NO4/c19-16(20)14-11-7-9-13(15(14)17(21)22)18-12(11)8-6-10-4-2-1-3-5-10/h1-9,11-15,18H,(H,19,20)(H,21,22)/b8-6-/t11-,12-,13+,14+,15-/m0/s1. The Hall–Kier alpha value is -2.40. The number of carboxylic acids is 2. The number of nitrogens with one attached hydrogen (secondary N) is 1. The van der Waals surface area contributed by atoms with Crippen LogP contribution in [0.1, 0.15) is 5.56 Å². The number of piperidine rings is 1. The lowest BCUT2D eigenvalue weighted by Gasteiger charge is -2.45. The molecular formula is C17H17NO4. The van der Waals surface area contributed by atoms with Crippen molar-refractivity contribution < 1.29 is 19.8 Å². The normalized spacial score (nSPS) is 33.2. The molecule has 1 fully saturated rings. The summed E-state index contributed by atoms with van der Waals surface area (Å²) in [6, 6.07) is 9.09. The first-order valence-corrected chi connectivity index (χ1v) is 7.21. The van der Waals surface area contributed by atoms with E-state index in [0.29, 0.717) is 0 Å². The minimum absolute atomic E-state index is 0.174. The number of hydrogen-bond acceptors (Lipinski definition) is 3. The van der Waals surface area contributed by atoms with E-state index in [-0.39, 0.29) is 12.0 Å². The molecule has 0 saturated carbocycles. The summed E-state index contributed by atoms with van der Waals surface area (Å²) < 4.78 is 0. The molecule has 1 aromatic rings. The van der Waals surface area contributed by atoms with Crippen molar-refractivity contribution in [2.75, 3.05) is 0 Å². The number of hydrogen-bond donors (Lipinski definition) is 3. The van der Waals surface area contributed by atoms with Gasteiger partial charge in [0.1, 0.15) is 0 Å². The smallest absolute Gasteiger partial charge is 0.309 e. The molecule has 2 aliphatic heterocycles. The van der Waals surface area contributed by atoms with Gasteiger partial charge in [0.15, 0.2) is 0 Å². The molecule has 3 aliphatic rings. The first-order chi connectivity index (χ1) is 10.6. The fourth-order valence-corrected chi connectivity index (χ4v) is 3.37. The van der Waals surface area contributed by atoms with E-state index in [0.717, 1.165) is 5.56 Å². The lowest BCUT2D eigenvalue weighted by molar-refractivity contribution is -0.159. The van der Waals surface area contributed by atoms with Crippen LogP contribution in [0.25, 0.3) is 6.08 Å². The third-order valence-corrected chi connectivity index (χ3v) is 4.39. The second-order valence-corrected chi connectivity index (χ2v) is 5.68. The van der Waals surface area contributed by atoms with Crippen molar-refractivity contribution >= 4 is 18.0 Å². The van der Waals surface area contributed by atoms with Crippen molar-refractivity contribution in [1.82, 2.24) is 5.32 Å². The Kier molecular flexibility index (Phi) is 3.81. The summed E-state index contributed by atoms with van der Waals surface area (Å²) in [5.74, 6) is -4.30. The Morgan fingerprint density at radius 3 is 2.32 bits per heavy atom. The van der Waals surface area contributed by atoms with Crippen molar-refractivity contribution in [2.24, 2.45) is 17.8 Å². The fourth-order valence-electron chi connectivity index (χ4n) is 3.37. The van der Waals surface area contributed by atoms with E-state index in [9.17, 15) is 19.8 Å². The van der Waals surface area contributed by atoms with Gasteiger partial charge in [-0.1, -0.05) is 54.6 Å². The Labute approximate surface area is 128 Å². The Morgan fingerprint density at radius 1 is 1.00 bits per heavy atom. The van der Waals surface area contributed by atoms with Gasteiger partial charge in [0.2, 0.25) is 0 Å². The second-order valence-electron chi connectivity index (χ2n) is 5.68. The van der Waals surface area contributed by atoms with E-state index in [1.165, 1.54) is 0 Å². The zero-order chi connectivity index (χ0) is 15.7. The maximum absolute atomic E-state index is 11.5. The number of benzene rings is 1. The van der Waals surface area contributed by atoms with Crippen molar-refractivity contribution in [2.45, 2.75) is 12.1 Å². The highest BCUT2D eigenvalue weighted by Crippen LogP contribution is 2.38. The predicted octanol–water partition coefficient (Wildman–Crippen LogP) is 1.63. The molecule has 114 valence electrons. The zero-order valence-electron chi connectivity index (χ0n) is 11.8. The van der Waals surface area contributed by atoms with Crippen molar-refractivity contribution in [3.63, 3.8) is 0 Å². The first-order valence-electron chi connectivity index (χ1n) is 7.21. The van der Waals surface area contributed by atoms with Crippen molar-refractivity contribution in [1.29, 1.82) is 0 Å². The Morgan fingerprint density at radius 2 is 1.68 bits per heavy atom. The third-order valence-electron chi connectivity index (χ3n) is 4.39. The molecule has 1 aliphatic carbocycles. The summed E-state index contributed by atoms with van der Waals surface area (Å²) in [4.78, 5) is 22.9. The van der Waals surface area contributed by atoms with Crippen LogP contribution in [0, 0.1) is 17.8 Å². The van der Waals surface area contributed by atoms with Gasteiger partial charge in [-0.25, -0.2) is 0 Å². The van der Waals surface area contributed by atoms with Crippen LogP contribution in [-0.2, 0) is 9.59 Å². The molecule has 1 saturated heterocycles. The summed E-state index contributed by atoms with van der Waals surface area (Å²) in [6.45, 7) is 0. The van der Waals surface area contributed by atoms with Gasteiger partial charge in [-0.3, -0.25) is 9.59 Å². The lowest BCUT2D eigenvalue weighted by atomic mass is 9.66. The Bertz CT molecular complexity index is 637. The van der Waals surface area contributed by atoms with E-state index >= 15 is 0 Å². The van der Waals surface area contributed by atoms with Gasteiger partial charge in [-0.05, 0) is 5.56 Å². The molecule has 0 spiro atoms. The molecule has 4 rings (SSSR count). The number of fused-ring (bicyclic) bond motifs is 2. The largest absolute Gasteiger partial charge is 0.481 e. The molecule has 5 heteroatoms. The fraction of sp³-hybridized carbons (Fsp3) is 0.294. The van der Waals surface area contributed by atoms with E-state index in [4.69, 9.17) is 0 Å². The monoisotopic (exact) mass is 299 g/mol. The molecule has 2 bridgehead atoms. The van der Waals surface area contributed by atoms with Crippen LogP contribution in [0.5, 0.6) is 0 Å². The van der Waals surface area contributed by atoms with Gasteiger partial charge in [0.25, 0.3) is 0 Å². The maximum atomic E-state index is 11.5. The maximum Gasteiger partial charge on any atom is 0.309 e. The minimum Gasteiger partial charge on any atom is -0.481 e. The van der Waals surface area contributed by atoms with Crippen LogP contribution in [0.4, 0.5) is 0 Å². The second kappa shape index (κ2) is 5.77. The summed E-state index contributed by atoms with van der Waals surface area (Å²) in [7, 11) is 0. The summed E-state index contributed by atoms with van der Waals surface area (Å²) in [5.41, 5.74) is 1.02. The molecule has 1 aromatic carbocycles. The molecule has 3 N–H and O–H groups in total. The number of carbonyl (C=O) groups is 2. The van der Waals surface area contributed by atoms with Gasteiger partial charge in [-0.2, -0.15) is 0 Å². The predicted molar refractivity (Wildman–Crippen MR) is 81.1 cm³/mol. The lowest BCUT2D eigenvalue weighted by Crippen LogP contribution is -2.61. The highest BCUT2D eigenvalue weighted by Gasteiger charge is 2.51. The highest BCUT2D eigenvalue weighted by atomic mass is 16.4. The number of aliphatic carboxylic acids is 2. The van der Waals surface area contributed by atoms with Gasteiger partial charge < -0.3 is 15.5 Å². The average Bonchev–Trinajstić information content (AvgIpc) is 2.53. The molecule has 22 heavy (non-hydrogen) atoms. The van der Waals surface area contributed by atoms with E-state index in [1.807, 2.05) is 48.6 Å². The molecule has 0 aromatic heterocycles. The Balaban J connectivity index is 1.85. The van der Waals surface area contributed by atoms with Crippen molar-refractivity contribution in [3.8, 4) is 0 Å².